The fourth-order valence-electron chi connectivity index (χ4n) is 1.64. The third kappa shape index (κ3) is 3.12. The van der Waals surface area contributed by atoms with Crippen LogP contribution in [0, 0.1) is 5.82 Å². The van der Waals surface area contributed by atoms with Crippen LogP contribution in [0.4, 0.5) is 4.39 Å². The Balaban J connectivity index is 2.32. The maximum atomic E-state index is 13.1. The van der Waals surface area contributed by atoms with E-state index in [-0.39, 0.29) is 10.8 Å². The molecule has 2 aromatic rings. The second kappa shape index (κ2) is 5.85. The van der Waals surface area contributed by atoms with Gasteiger partial charge >= 0.3 is 0 Å². The van der Waals surface area contributed by atoms with E-state index in [1.165, 1.54) is 18.2 Å². The van der Waals surface area contributed by atoms with E-state index in [1.807, 2.05) is 0 Å². The first-order valence-electron chi connectivity index (χ1n) is 5.87. The maximum Gasteiger partial charge on any atom is 0.166 e. The quantitative estimate of drug-likeness (QED) is 0.746. The molecule has 0 aromatic heterocycles. The fourth-order valence-corrected chi connectivity index (χ4v) is 1.81. The van der Waals surface area contributed by atoms with Crippen LogP contribution in [-0.2, 0) is 0 Å². The second-order valence-electron chi connectivity index (χ2n) is 3.95. The third-order valence-electron chi connectivity index (χ3n) is 2.63. The van der Waals surface area contributed by atoms with Crippen LogP contribution in [-0.4, -0.2) is 5.78 Å². The van der Waals surface area contributed by atoms with Gasteiger partial charge in [-0.3, -0.25) is 4.79 Å². The van der Waals surface area contributed by atoms with Crippen molar-refractivity contribution in [3.63, 3.8) is 0 Å². The van der Waals surface area contributed by atoms with E-state index in [1.54, 1.807) is 31.2 Å². The van der Waals surface area contributed by atoms with Gasteiger partial charge in [-0.05, 0) is 24.3 Å². The highest BCUT2D eigenvalue weighted by Crippen LogP contribution is 2.28. The summed E-state index contributed by atoms with van der Waals surface area (Å²) in [5.41, 5.74) is 0.505. The molecule has 0 saturated heterocycles. The van der Waals surface area contributed by atoms with Gasteiger partial charge in [0.25, 0.3) is 0 Å². The Hall–Kier alpha value is -1.87. The van der Waals surface area contributed by atoms with Crippen molar-refractivity contribution in [2.24, 2.45) is 0 Å². The molecule has 0 bridgehead atoms. The molecule has 0 radical (unpaired) electrons. The predicted molar refractivity (Wildman–Crippen MR) is 72.5 cm³/mol. The van der Waals surface area contributed by atoms with Gasteiger partial charge in [0.2, 0.25) is 0 Å². The molecule has 0 unspecified atom stereocenters. The summed E-state index contributed by atoms with van der Waals surface area (Å²) in [5, 5.41) is -0.0169. The molecule has 98 valence electrons. The molecule has 0 aliphatic heterocycles. The van der Waals surface area contributed by atoms with Crippen molar-refractivity contribution in [2.75, 3.05) is 0 Å². The highest BCUT2D eigenvalue weighted by Gasteiger charge is 2.11. The summed E-state index contributed by atoms with van der Waals surface area (Å²) in [5.74, 6) is 0.315. The summed E-state index contributed by atoms with van der Waals surface area (Å²) in [7, 11) is 0. The first-order chi connectivity index (χ1) is 9.11. The molecular formula is C15H12ClFO2. The molecule has 0 N–H and O–H groups in total. The lowest BCUT2D eigenvalue weighted by atomic mass is 10.1. The van der Waals surface area contributed by atoms with E-state index in [2.05, 4.69) is 0 Å². The zero-order valence-corrected chi connectivity index (χ0v) is 11.1. The minimum absolute atomic E-state index is 0.0104. The number of halogens is 2. The Kier molecular flexibility index (Phi) is 4.17. The number of hydrogen-bond donors (Lipinski definition) is 0. The molecule has 0 saturated carbocycles. The van der Waals surface area contributed by atoms with Crippen LogP contribution in [0.5, 0.6) is 11.5 Å². The van der Waals surface area contributed by atoms with Crippen LogP contribution in [0.3, 0.4) is 0 Å². The van der Waals surface area contributed by atoms with E-state index < -0.39 is 5.82 Å². The van der Waals surface area contributed by atoms with Crippen molar-refractivity contribution in [2.45, 2.75) is 13.3 Å². The molecule has 0 heterocycles. The highest BCUT2D eigenvalue weighted by molar-refractivity contribution is 6.30. The Morgan fingerprint density at radius 3 is 2.68 bits per heavy atom. The van der Waals surface area contributed by atoms with Gasteiger partial charge in [0.15, 0.2) is 5.78 Å². The maximum absolute atomic E-state index is 13.1. The number of carbonyl (C=O) groups is 1. The molecular weight excluding hydrogens is 267 g/mol. The van der Waals surface area contributed by atoms with Crippen molar-refractivity contribution in [1.82, 2.24) is 0 Å². The zero-order valence-electron chi connectivity index (χ0n) is 10.3. The van der Waals surface area contributed by atoms with Crippen molar-refractivity contribution in [3.05, 3.63) is 58.9 Å². The molecule has 0 amide bonds. The minimum Gasteiger partial charge on any atom is -0.457 e. The summed E-state index contributed by atoms with van der Waals surface area (Å²) >= 11 is 5.69. The summed E-state index contributed by atoms with van der Waals surface area (Å²) < 4.78 is 18.7. The Labute approximate surface area is 115 Å². The van der Waals surface area contributed by atoms with Crippen molar-refractivity contribution in [1.29, 1.82) is 0 Å². The van der Waals surface area contributed by atoms with Gasteiger partial charge in [0.1, 0.15) is 17.3 Å². The molecule has 2 rings (SSSR count). The minimum atomic E-state index is -0.507. The van der Waals surface area contributed by atoms with E-state index in [9.17, 15) is 9.18 Å². The Morgan fingerprint density at radius 2 is 2.00 bits per heavy atom. The number of Topliss-reactive ketones (excluding diaryl/α,β-unsaturated/α-hetero) is 1. The molecule has 0 spiro atoms. The summed E-state index contributed by atoms with van der Waals surface area (Å²) in [6, 6.07) is 11.0. The van der Waals surface area contributed by atoms with E-state index in [0.29, 0.717) is 23.5 Å². The standard InChI is InChI=1S/C15H12ClFO2/c1-2-14(18)11-5-3-4-6-15(11)19-10-7-8-13(17)12(16)9-10/h3-9H,2H2,1H3. The molecule has 2 nitrogen and oxygen atoms in total. The van der Waals surface area contributed by atoms with Gasteiger partial charge in [-0.1, -0.05) is 30.7 Å². The lowest BCUT2D eigenvalue weighted by molar-refractivity contribution is 0.0986. The van der Waals surface area contributed by atoms with Gasteiger partial charge < -0.3 is 4.74 Å². The molecule has 19 heavy (non-hydrogen) atoms. The van der Waals surface area contributed by atoms with E-state index in [0.717, 1.165) is 0 Å². The largest absolute Gasteiger partial charge is 0.457 e. The van der Waals surface area contributed by atoms with Crippen LogP contribution in [0.25, 0.3) is 0 Å². The van der Waals surface area contributed by atoms with Crippen molar-refractivity contribution >= 4 is 17.4 Å². The summed E-state index contributed by atoms with van der Waals surface area (Å²) in [6.45, 7) is 1.79. The third-order valence-corrected chi connectivity index (χ3v) is 2.92. The number of hydrogen-bond acceptors (Lipinski definition) is 2. The topological polar surface area (TPSA) is 26.3 Å². The number of ketones is 1. The molecule has 0 aliphatic rings. The lowest BCUT2D eigenvalue weighted by Gasteiger charge is -2.10. The number of carbonyl (C=O) groups excluding carboxylic acids is 1. The van der Waals surface area contributed by atoms with E-state index in [4.69, 9.17) is 16.3 Å². The fraction of sp³-hybridized carbons (Fsp3) is 0.133. The zero-order chi connectivity index (χ0) is 13.8. The Morgan fingerprint density at radius 1 is 1.26 bits per heavy atom. The SMILES string of the molecule is CCC(=O)c1ccccc1Oc1ccc(F)c(Cl)c1. The molecule has 4 heteroatoms. The number of para-hydroxylation sites is 1. The summed E-state index contributed by atoms with van der Waals surface area (Å²) in [4.78, 5) is 11.8. The molecule has 0 fully saturated rings. The first-order valence-corrected chi connectivity index (χ1v) is 6.24. The number of benzene rings is 2. The first kappa shape index (κ1) is 13.6. The van der Waals surface area contributed by atoms with E-state index >= 15 is 0 Å². The summed E-state index contributed by atoms with van der Waals surface area (Å²) in [6.07, 6.45) is 0.393. The molecule has 0 atom stereocenters. The molecule has 2 aromatic carbocycles. The highest BCUT2D eigenvalue weighted by atomic mass is 35.5. The van der Waals surface area contributed by atoms with Crippen LogP contribution in [0.2, 0.25) is 5.02 Å². The smallest absolute Gasteiger partial charge is 0.166 e. The van der Waals surface area contributed by atoms with Gasteiger partial charge in [-0.15, -0.1) is 0 Å². The van der Waals surface area contributed by atoms with Gasteiger partial charge in [0.05, 0.1) is 10.6 Å². The van der Waals surface area contributed by atoms with Crippen molar-refractivity contribution in [3.8, 4) is 11.5 Å². The number of rotatable bonds is 4. The van der Waals surface area contributed by atoms with Gasteiger partial charge in [-0.2, -0.15) is 0 Å². The number of ether oxygens (including phenoxy) is 1. The average molecular weight is 279 g/mol. The molecule has 0 aliphatic carbocycles. The lowest BCUT2D eigenvalue weighted by Crippen LogP contribution is -1.99. The van der Waals surface area contributed by atoms with Gasteiger partial charge in [-0.25, -0.2) is 4.39 Å². The van der Waals surface area contributed by atoms with Gasteiger partial charge in [0, 0.05) is 12.5 Å². The van der Waals surface area contributed by atoms with Crippen LogP contribution < -0.4 is 4.74 Å². The van der Waals surface area contributed by atoms with Crippen molar-refractivity contribution < 1.29 is 13.9 Å². The van der Waals surface area contributed by atoms with Crippen LogP contribution >= 0.6 is 11.6 Å². The Bertz CT molecular complexity index is 611. The normalized spacial score (nSPS) is 10.3. The van der Waals surface area contributed by atoms with Crippen LogP contribution in [0.1, 0.15) is 23.7 Å². The predicted octanol–water partition coefficient (Wildman–Crippen LogP) is 4.86. The average Bonchev–Trinajstić information content (AvgIpc) is 2.43. The second-order valence-corrected chi connectivity index (χ2v) is 4.36. The van der Waals surface area contributed by atoms with Crippen LogP contribution in [0.15, 0.2) is 42.5 Å². The monoisotopic (exact) mass is 278 g/mol.